The lowest BCUT2D eigenvalue weighted by Gasteiger charge is -2.21. The number of carbonyl (C=O) groups excluding carboxylic acids is 1. The molecule has 1 heterocycles. The summed E-state index contributed by atoms with van der Waals surface area (Å²) in [4.78, 5) is 24.4. The van der Waals surface area contributed by atoms with Crippen LogP contribution in [0.1, 0.15) is 58.5 Å². The smallest absolute Gasteiger partial charge is 0.305 e. The summed E-state index contributed by atoms with van der Waals surface area (Å²) in [6, 6.07) is 7.71. The van der Waals surface area contributed by atoms with Gasteiger partial charge in [-0.3, -0.25) is 9.59 Å². The molecule has 1 amide bonds. The molecule has 152 valence electrons. The van der Waals surface area contributed by atoms with Gasteiger partial charge in [-0.1, -0.05) is 29.8 Å². The van der Waals surface area contributed by atoms with Gasteiger partial charge in [0.1, 0.15) is 11.9 Å². The monoisotopic (exact) mass is 467 g/mol. The fraction of sp³-hybridized carbons (Fsp3) is 0.429. The van der Waals surface area contributed by atoms with E-state index in [0.717, 1.165) is 32.6 Å². The molecular formula is C21H26BrNO4S. The molecule has 0 fully saturated rings. The average molecular weight is 468 g/mol. The van der Waals surface area contributed by atoms with Crippen molar-refractivity contribution in [2.24, 2.45) is 5.92 Å². The van der Waals surface area contributed by atoms with E-state index in [2.05, 4.69) is 35.1 Å². The number of hydrogen-bond acceptors (Lipinski definition) is 4. The summed E-state index contributed by atoms with van der Waals surface area (Å²) in [6.07, 6.45) is 0.589. The van der Waals surface area contributed by atoms with Crippen LogP contribution in [-0.4, -0.2) is 23.5 Å². The van der Waals surface area contributed by atoms with Crippen molar-refractivity contribution < 1.29 is 19.4 Å². The first-order chi connectivity index (χ1) is 13.2. The molecule has 28 heavy (non-hydrogen) atoms. The number of carboxylic acids is 1. The Labute approximate surface area is 178 Å². The van der Waals surface area contributed by atoms with Gasteiger partial charge in [0.05, 0.1) is 11.3 Å². The van der Waals surface area contributed by atoms with Crippen LogP contribution in [0.25, 0.3) is 0 Å². The summed E-state index contributed by atoms with van der Waals surface area (Å²) >= 11 is 4.97. The molecule has 0 aliphatic heterocycles. The number of carboxylic acid groups (broad SMARTS) is 1. The van der Waals surface area contributed by atoms with Crippen molar-refractivity contribution >= 4 is 39.1 Å². The maximum atomic E-state index is 12.2. The predicted octanol–water partition coefficient (Wildman–Crippen LogP) is 5.50. The van der Waals surface area contributed by atoms with Crippen LogP contribution < -0.4 is 10.1 Å². The van der Waals surface area contributed by atoms with Gasteiger partial charge in [0.25, 0.3) is 5.91 Å². The largest absolute Gasteiger partial charge is 0.485 e. The summed E-state index contributed by atoms with van der Waals surface area (Å²) < 4.78 is 7.39. The Morgan fingerprint density at radius 1 is 1.21 bits per heavy atom. The number of rotatable bonds is 9. The van der Waals surface area contributed by atoms with Crippen molar-refractivity contribution in [1.29, 1.82) is 0 Å². The minimum Gasteiger partial charge on any atom is -0.485 e. The molecule has 0 unspecified atom stereocenters. The molecule has 2 aromatic rings. The number of carbonyl (C=O) groups is 2. The minimum absolute atomic E-state index is 0.0919. The minimum atomic E-state index is -0.933. The molecule has 2 rings (SSSR count). The molecule has 1 aromatic heterocycles. The molecule has 0 aliphatic carbocycles. The van der Waals surface area contributed by atoms with Gasteiger partial charge < -0.3 is 15.2 Å². The lowest BCUT2D eigenvalue weighted by atomic mass is 10.0. The van der Waals surface area contributed by atoms with Crippen LogP contribution >= 0.6 is 27.3 Å². The van der Waals surface area contributed by atoms with Gasteiger partial charge in [-0.2, -0.15) is 0 Å². The van der Waals surface area contributed by atoms with Gasteiger partial charge in [0, 0.05) is 15.9 Å². The summed E-state index contributed by atoms with van der Waals surface area (Å²) in [5, 5.41) is 11.3. The highest BCUT2D eigenvalue weighted by atomic mass is 79.9. The van der Waals surface area contributed by atoms with E-state index >= 15 is 0 Å². The number of amides is 1. The van der Waals surface area contributed by atoms with Crippen LogP contribution in [0.5, 0.6) is 5.75 Å². The number of halogens is 1. The normalized spacial score (nSPS) is 12.1. The molecule has 1 atom stereocenters. The quantitative estimate of drug-likeness (QED) is 0.510. The molecule has 0 bridgehead atoms. The summed E-state index contributed by atoms with van der Waals surface area (Å²) in [6.45, 7) is 8.46. The van der Waals surface area contributed by atoms with Gasteiger partial charge in [0.15, 0.2) is 0 Å². The van der Waals surface area contributed by atoms with Gasteiger partial charge in [-0.15, -0.1) is 11.3 Å². The van der Waals surface area contributed by atoms with Gasteiger partial charge in [-0.25, -0.2) is 0 Å². The lowest BCUT2D eigenvalue weighted by molar-refractivity contribution is -0.136. The van der Waals surface area contributed by atoms with E-state index in [9.17, 15) is 9.59 Å². The number of ether oxygens (including phenoxy) is 1. The molecule has 5 nitrogen and oxygen atoms in total. The number of thiophene rings is 1. The molecule has 0 aliphatic rings. The van der Waals surface area contributed by atoms with Crippen LogP contribution in [0.15, 0.2) is 28.7 Å². The van der Waals surface area contributed by atoms with E-state index in [-0.39, 0.29) is 25.0 Å². The fourth-order valence-corrected chi connectivity index (χ4v) is 4.00. The van der Waals surface area contributed by atoms with Crippen LogP contribution in [0.3, 0.4) is 0 Å². The summed E-state index contributed by atoms with van der Waals surface area (Å²) in [5.74, 6) is 0.0519. The van der Waals surface area contributed by atoms with Crippen LogP contribution in [0.2, 0.25) is 0 Å². The van der Waals surface area contributed by atoms with Crippen molar-refractivity contribution in [2.75, 3.05) is 6.54 Å². The average Bonchev–Trinajstić information content (AvgIpc) is 3.08. The SMILES string of the molecule is Cc1cc(O[C@H](CC(C)C)c2ccc(C(=O)NCCC(=O)O)s2)cc(C)c1Br. The second-order valence-corrected chi connectivity index (χ2v) is 9.12. The van der Waals surface area contributed by atoms with Gasteiger partial charge in [0.2, 0.25) is 0 Å². The number of benzene rings is 1. The third-order valence-electron chi connectivity index (χ3n) is 4.17. The Morgan fingerprint density at radius 2 is 1.86 bits per heavy atom. The Bertz CT molecular complexity index is 824. The molecule has 0 saturated carbocycles. The summed E-state index contributed by atoms with van der Waals surface area (Å²) in [5.41, 5.74) is 2.23. The van der Waals surface area contributed by atoms with Crippen LogP contribution in [0, 0.1) is 19.8 Å². The second kappa shape index (κ2) is 10.1. The Balaban J connectivity index is 2.16. The highest BCUT2D eigenvalue weighted by molar-refractivity contribution is 9.10. The van der Waals surface area contributed by atoms with Crippen LogP contribution in [-0.2, 0) is 4.79 Å². The highest BCUT2D eigenvalue weighted by Gasteiger charge is 2.20. The first-order valence-electron chi connectivity index (χ1n) is 9.20. The molecule has 7 heteroatoms. The fourth-order valence-electron chi connectivity index (χ4n) is 2.81. The molecule has 0 saturated heterocycles. The third-order valence-corrected chi connectivity index (χ3v) is 6.59. The predicted molar refractivity (Wildman–Crippen MR) is 115 cm³/mol. The van der Waals surface area contributed by atoms with E-state index in [1.807, 2.05) is 32.0 Å². The Kier molecular flexibility index (Phi) is 8.07. The van der Waals surface area contributed by atoms with Crippen molar-refractivity contribution in [3.8, 4) is 5.75 Å². The van der Waals surface area contributed by atoms with E-state index < -0.39 is 5.97 Å². The van der Waals surface area contributed by atoms with E-state index in [4.69, 9.17) is 9.84 Å². The highest BCUT2D eigenvalue weighted by Crippen LogP contribution is 2.34. The maximum absolute atomic E-state index is 12.2. The van der Waals surface area contributed by atoms with Crippen molar-refractivity contribution in [2.45, 2.75) is 46.6 Å². The van der Waals surface area contributed by atoms with E-state index in [0.29, 0.717) is 10.8 Å². The van der Waals surface area contributed by atoms with Gasteiger partial charge in [-0.05, 0) is 61.6 Å². The molecule has 1 aromatic carbocycles. The second-order valence-electron chi connectivity index (χ2n) is 7.21. The third kappa shape index (κ3) is 6.34. The number of aryl methyl sites for hydroxylation is 2. The zero-order valence-electron chi connectivity index (χ0n) is 16.5. The number of nitrogens with one attached hydrogen (secondary N) is 1. The van der Waals surface area contributed by atoms with Crippen molar-refractivity contribution in [3.63, 3.8) is 0 Å². The van der Waals surface area contributed by atoms with Crippen molar-refractivity contribution in [1.82, 2.24) is 5.32 Å². The molecule has 0 radical (unpaired) electrons. The zero-order chi connectivity index (χ0) is 20.8. The maximum Gasteiger partial charge on any atom is 0.305 e. The molecule has 0 spiro atoms. The Hall–Kier alpha value is -1.86. The topological polar surface area (TPSA) is 75.6 Å². The first-order valence-corrected chi connectivity index (χ1v) is 10.8. The van der Waals surface area contributed by atoms with E-state index in [1.54, 1.807) is 6.07 Å². The van der Waals surface area contributed by atoms with Crippen molar-refractivity contribution in [3.05, 3.63) is 49.6 Å². The molecular weight excluding hydrogens is 442 g/mol. The zero-order valence-corrected chi connectivity index (χ0v) is 18.9. The number of aliphatic carboxylic acids is 1. The molecule has 2 N–H and O–H groups in total. The Morgan fingerprint density at radius 3 is 2.43 bits per heavy atom. The van der Waals surface area contributed by atoms with Gasteiger partial charge >= 0.3 is 5.97 Å². The van der Waals surface area contributed by atoms with Crippen LogP contribution in [0.4, 0.5) is 0 Å². The first kappa shape index (κ1) is 22.4. The number of hydrogen-bond donors (Lipinski definition) is 2. The lowest BCUT2D eigenvalue weighted by Crippen LogP contribution is -2.25. The summed E-state index contributed by atoms with van der Waals surface area (Å²) in [7, 11) is 0. The standard InChI is InChI=1S/C21H26BrNO4S/c1-12(2)9-16(27-15-10-13(3)20(22)14(4)11-15)17-5-6-18(28-17)21(26)23-8-7-19(24)25/h5-6,10-12,16H,7-9H2,1-4H3,(H,23,26)(H,24,25)/t16-/m1/s1. The van der Waals surface area contributed by atoms with E-state index in [1.165, 1.54) is 11.3 Å².